The predicted octanol–water partition coefficient (Wildman–Crippen LogP) is 2.80. The van der Waals surface area contributed by atoms with Crippen molar-refractivity contribution in [2.45, 2.75) is 38.0 Å². The Morgan fingerprint density at radius 1 is 1.33 bits per heavy atom. The first-order chi connectivity index (χ1) is 8.49. The molecule has 4 heteroatoms. The molecule has 0 radical (unpaired) electrons. The van der Waals surface area contributed by atoms with E-state index in [1.807, 2.05) is 0 Å². The lowest BCUT2D eigenvalue weighted by atomic mass is 10.00. The highest BCUT2D eigenvalue weighted by Gasteiger charge is 2.41. The van der Waals surface area contributed by atoms with Crippen molar-refractivity contribution in [1.29, 1.82) is 0 Å². The van der Waals surface area contributed by atoms with Crippen LogP contribution in [0.3, 0.4) is 0 Å². The summed E-state index contributed by atoms with van der Waals surface area (Å²) >= 11 is 0. The highest BCUT2D eigenvalue weighted by Crippen LogP contribution is 2.43. The Morgan fingerprint density at radius 2 is 2.00 bits per heavy atom. The molecule has 1 fully saturated rings. The minimum atomic E-state index is -1.07. The van der Waals surface area contributed by atoms with Gasteiger partial charge in [-0.2, -0.15) is 0 Å². The fourth-order valence-corrected chi connectivity index (χ4v) is 2.10. The Kier molecular flexibility index (Phi) is 3.48. The summed E-state index contributed by atoms with van der Waals surface area (Å²) in [5.41, 5.74) is 0.708. The van der Waals surface area contributed by atoms with Crippen LogP contribution in [0.25, 0.3) is 0 Å². The molecule has 0 aromatic heterocycles. The Morgan fingerprint density at radius 3 is 2.44 bits per heavy atom. The van der Waals surface area contributed by atoms with Crippen molar-refractivity contribution < 1.29 is 19.0 Å². The first-order valence-electron chi connectivity index (χ1n) is 6.10. The van der Waals surface area contributed by atoms with E-state index >= 15 is 0 Å². The van der Waals surface area contributed by atoms with Gasteiger partial charge < -0.3 is 14.6 Å². The van der Waals surface area contributed by atoms with E-state index in [0.717, 1.165) is 18.4 Å². The molecule has 100 valence electrons. The van der Waals surface area contributed by atoms with Gasteiger partial charge in [-0.05, 0) is 37.5 Å². The fraction of sp³-hybridized carbons (Fsp3) is 0.571. The van der Waals surface area contributed by atoms with Gasteiger partial charge in [-0.1, -0.05) is 0 Å². The summed E-state index contributed by atoms with van der Waals surface area (Å²) in [6.07, 6.45) is 0.979. The summed E-state index contributed by atoms with van der Waals surface area (Å²) in [7, 11) is 3.08. The Labute approximate surface area is 107 Å². The Balaban J connectivity index is 2.42. The van der Waals surface area contributed by atoms with Crippen molar-refractivity contribution in [3.63, 3.8) is 0 Å². The Bertz CT molecular complexity index is 439. The second kappa shape index (κ2) is 4.76. The average molecular weight is 254 g/mol. The zero-order valence-electron chi connectivity index (χ0n) is 11.0. The van der Waals surface area contributed by atoms with E-state index in [9.17, 15) is 9.50 Å². The van der Waals surface area contributed by atoms with Crippen molar-refractivity contribution in [1.82, 2.24) is 0 Å². The van der Waals surface area contributed by atoms with Crippen molar-refractivity contribution in [3.8, 4) is 11.5 Å². The number of benzene rings is 1. The molecule has 0 amide bonds. The van der Waals surface area contributed by atoms with Gasteiger partial charge in [0.05, 0.1) is 19.8 Å². The highest BCUT2D eigenvalue weighted by atomic mass is 19.1. The zero-order valence-corrected chi connectivity index (χ0v) is 11.0. The summed E-state index contributed by atoms with van der Waals surface area (Å²) in [6.45, 7) is 1.48. The minimum absolute atomic E-state index is 0.479. The van der Waals surface area contributed by atoms with E-state index in [2.05, 4.69) is 0 Å². The molecule has 1 aliphatic carbocycles. The number of aliphatic hydroxyl groups is 1. The van der Waals surface area contributed by atoms with Crippen LogP contribution in [0.15, 0.2) is 12.1 Å². The molecular weight excluding hydrogens is 235 g/mol. The molecule has 0 spiro atoms. The van der Waals surface area contributed by atoms with Gasteiger partial charge in [-0.3, -0.25) is 0 Å². The summed E-state index contributed by atoms with van der Waals surface area (Å²) < 4.78 is 24.0. The number of ether oxygens (including phenoxy) is 2. The molecule has 1 aromatic carbocycles. The van der Waals surface area contributed by atoms with Crippen molar-refractivity contribution in [3.05, 3.63) is 23.3 Å². The number of alkyl halides is 1. The average Bonchev–Trinajstić information content (AvgIpc) is 3.05. The van der Waals surface area contributed by atoms with Crippen LogP contribution in [0, 0.1) is 0 Å². The van der Waals surface area contributed by atoms with Gasteiger partial charge in [0.2, 0.25) is 0 Å². The lowest BCUT2D eigenvalue weighted by Gasteiger charge is -2.17. The van der Waals surface area contributed by atoms with Gasteiger partial charge in [-0.25, -0.2) is 4.39 Å². The number of hydrogen-bond donors (Lipinski definition) is 1. The smallest absolute Gasteiger partial charge is 0.164 e. The van der Waals surface area contributed by atoms with Crippen LogP contribution < -0.4 is 9.47 Å². The van der Waals surface area contributed by atoms with Crippen LogP contribution in [-0.4, -0.2) is 24.9 Å². The SMILES string of the molecule is COc1cc(C(C)F)cc(CC2(O)CC2)c1OC. The molecule has 0 bridgehead atoms. The summed E-state index contributed by atoms with van der Waals surface area (Å²) in [5.74, 6) is 1.10. The summed E-state index contributed by atoms with van der Waals surface area (Å²) in [6, 6.07) is 3.40. The molecule has 1 unspecified atom stereocenters. The highest BCUT2D eigenvalue weighted by molar-refractivity contribution is 5.50. The lowest BCUT2D eigenvalue weighted by molar-refractivity contribution is 0.149. The maximum atomic E-state index is 13.5. The van der Waals surface area contributed by atoms with Crippen LogP contribution in [-0.2, 0) is 6.42 Å². The third-order valence-electron chi connectivity index (χ3n) is 3.38. The van der Waals surface area contributed by atoms with Crippen molar-refractivity contribution in [2.24, 2.45) is 0 Å². The normalized spacial score (nSPS) is 18.3. The third kappa shape index (κ3) is 2.58. The Hall–Kier alpha value is -1.29. The third-order valence-corrected chi connectivity index (χ3v) is 3.38. The number of hydrogen-bond acceptors (Lipinski definition) is 3. The maximum absolute atomic E-state index is 13.5. The molecule has 1 N–H and O–H groups in total. The van der Waals surface area contributed by atoms with Gasteiger partial charge >= 0.3 is 0 Å². The minimum Gasteiger partial charge on any atom is -0.493 e. The zero-order chi connectivity index (χ0) is 13.3. The van der Waals surface area contributed by atoms with E-state index in [4.69, 9.17) is 9.47 Å². The van der Waals surface area contributed by atoms with Crippen molar-refractivity contribution >= 4 is 0 Å². The molecule has 1 saturated carbocycles. The molecule has 0 heterocycles. The molecule has 1 aromatic rings. The quantitative estimate of drug-likeness (QED) is 0.878. The monoisotopic (exact) mass is 254 g/mol. The maximum Gasteiger partial charge on any atom is 0.164 e. The molecule has 0 saturated heterocycles. The number of methoxy groups -OCH3 is 2. The first kappa shape index (κ1) is 13.1. The first-order valence-corrected chi connectivity index (χ1v) is 6.10. The summed E-state index contributed by atoms with van der Waals surface area (Å²) in [4.78, 5) is 0. The van der Waals surface area contributed by atoms with Gasteiger partial charge in [0.25, 0.3) is 0 Å². The van der Waals surface area contributed by atoms with Crippen LogP contribution in [0.2, 0.25) is 0 Å². The summed E-state index contributed by atoms with van der Waals surface area (Å²) in [5, 5.41) is 10.0. The predicted molar refractivity (Wildman–Crippen MR) is 67.0 cm³/mol. The van der Waals surface area contributed by atoms with Crippen LogP contribution >= 0.6 is 0 Å². The fourth-order valence-electron chi connectivity index (χ4n) is 2.10. The lowest BCUT2D eigenvalue weighted by Crippen LogP contribution is -2.12. The molecule has 1 aliphatic rings. The van der Waals surface area contributed by atoms with E-state index in [-0.39, 0.29) is 0 Å². The standard InChI is InChI=1S/C14H19FO3/c1-9(15)10-6-11(8-14(16)4-5-14)13(18-3)12(7-10)17-2/h6-7,9,16H,4-5,8H2,1-3H3. The number of rotatable bonds is 5. The molecule has 3 nitrogen and oxygen atoms in total. The molecule has 1 atom stereocenters. The van der Waals surface area contributed by atoms with Crippen LogP contribution in [0.1, 0.15) is 37.1 Å². The van der Waals surface area contributed by atoms with Gasteiger partial charge in [0.1, 0.15) is 6.17 Å². The van der Waals surface area contributed by atoms with Crippen LogP contribution in [0.4, 0.5) is 4.39 Å². The molecular formula is C14H19FO3. The second-order valence-corrected chi connectivity index (χ2v) is 4.93. The molecule has 0 aliphatic heterocycles. The van der Waals surface area contributed by atoms with E-state index in [0.29, 0.717) is 23.5 Å². The van der Waals surface area contributed by atoms with Crippen molar-refractivity contribution in [2.75, 3.05) is 14.2 Å². The van der Waals surface area contributed by atoms with Gasteiger partial charge in [-0.15, -0.1) is 0 Å². The topological polar surface area (TPSA) is 38.7 Å². The van der Waals surface area contributed by atoms with Crippen LogP contribution in [0.5, 0.6) is 11.5 Å². The molecule has 18 heavy (non-hydrogen) atoms. The largest absolute Gasteiger partial charge is 0.493 e. The van der Waals surface area contributed by atoms with Gasteiger partial charge in [0, 0.05) is 12.0 Å². The molecule has 2 rings (SSSR count). The van der Waals surface area contributed by atoms with E-state index in [1.54, 1.807) is 19.2 Å². The van der Waals surface area contributed by atoms with E-state index < -0.39 is 11.8 Å². The van der Waals surface area contributed by atoms with Gasteiger partial charge in [0.15, 0.2) is 11.5 Å². The number of halogens is 1. The van der Waals surface area contributed by atoms with E-state index in [1.165, 1.54) is 14.0 Å². The second-order valence-electron chi connectivity index (χ2n) is 4.93.